The zero-order valence-electron chi connectivity index (χ0n) is 56.8. The number of nitrogens with zero attached hydrogens (tertiary/aromatic N) is 6. The number of phenolic OH excluding ortho intramolecular Hbond substituents is 1. The fourth-order valence-electron chi connectivity index (χ4n) is 10.5. The summed E-state index contributed by atoms with van der Waals surface area (Å²) in [6.07, 6.45) is 3.71. The molecule has 0 radical (unpaired) electrons. The average molecular weight is 1510 g/mol. The van der Waals surface area contributed by atoms with Crippen LogP contribution in [0.5, 0.6) is 40.2 Å². The van der Waals surface area contributed by atoms with Gasteiger partial charge in [-0.2, -0.15) is 0 Å². The normalized spacial score (nSPS) is 10.7. The van der Waals surface area contributed by atoms with Gasteiger partial charge in [-0.25, -0.2) is 14.4 Å². The van der Waals surface area contributed by atoms with Gasteiger partial charge in [0, 0.05) is 46.0 Å². The van der Waals surface area contributed by atoms with Crippen molar-refractivity contribution in [1.82, 2.24) is 29.1 Å². The number of hydrogen-bond acceptors (Lipinski definition) is 11. The van der Waals surface area contributed by atoms with Crippen LogP contribution in [0.15, 0.2) is 288 Å². The van der Waals surface area contributed by atoms with E-state index in [1.165, 1.54) is 17.2 Å². The molecule has 0 aliphatic heterocycles. The average Bonchev–Trinajstić information content (AvgIpc) is 1.63. The van der Waals surface area contributed by atoms with Crippen molar-refractivity contribution in [2.75, 3.05) is 0 Å². The molecular weight excluding hydrogens is 1440 g/mol. The van der Waals surface area contributed by atoms with E-state index in [0.29, 0.717) is 33.2 Å². The molecule has 0 saturated heterocycles. The van der Waals surface area contributed by atoms with Crippen molar-refractivity contribution in [3.8, 4) is 96.9 Å². The standard InChI is InChI=1S/C40H32BrN3O2.C21H19BrFNO.C19H14N2O.CH2O3.CH4.2K.H/c1-40(2,3)29-24-25-42-34(26-29)27-16-20-31(21-17-27)45-36-14-9-15-37(38(36)41)46-32-22-18-28(19-23-32)39-43-33-12-7-8-13-35(33)44(39)30-10-5-4-6-11-30;1-21(2,3)15-11-12-24-18(13-15)14-7-9-16(10-8-14)25-19-6-4-5-17(23)20(19)22;22-16-12-10-14(11-13-16)19-20-17-8-4-5-9-18(17)21(19)15-6-2-1-3-7-15;2-1-4-3;;;;/h4-26H,1-3H3;4-13H,1-3H3;1-13,22H;1,3H;1H4;;;/q;;;;;2*+1;-1/p-1. The second kappa shape index (κ2) is 36.2. The van der Waals surface area contributed by atoms with E-state index < -0.39 is 0 Å². The van der Waals surface area contributed by atoms with Gasteiger partial charge in [-0.05, 0) is 248 Å². The number of ether oxygens (including phenoxy) is 3. The first-order chi connectivity index (χ1) is 46.9. The number of imidazole rings is 2. The van der Waals surface area contributed by atoms with Crippen LogP contribution in [0.3, 0.4) is 0 Å². The largest absolute Gasteiger partial charge is 1.00 e. The van der Waals surface area contributed by atoms with Gasteiger partial charge in [0.15, 0.2) is 0 Å². The molecule has 100 heavy (non-hydrogen) atoms. The molecule has 14 aromatic rings. The molecular formula is C82H71Br2FK2N6O7. The smallest absolute Gasteiger partial charge is 1.00 e. The number of phenols is 1. The Morgan fingerprint density at radius 3 is 1.17 bits per heavy atom. The van der Waals surface area contributed by atoms with Gasteiger partial charge in [-0.3, -0.25) is 23.9 Å². The number of halogens is 3. The maximum atomic E-state index is 13.6. The van der Waals surface area contributed by atoms with Gasteiger partial charge in [0.2, 0.25) is 0 Å². The topological polar surface area (TPSA) is 159 Å². The first kappa shape index (κ1) is 78.0. The third kappa shape index (κ3) is 19.6. The van der Waals surface area contributed by atoms with Gasteiger partial charge >= 0.3 is 103 Å². The number of pyridine rings is 2. The minimum Gasteiger partial charge on any atom is -1.00 e. The van der Waals surface area contributed by atoms with Gasteiger partial charge in [-0.1, -0.05) is 122 Å². The van der Waals surface area contributed by atoms with Gasteiger partial charge in [0.1, 0.15) is 62.2 Å². The number of aromatic hydroxyl groups is 1. The molecule has 4 heterocycles. The predicted octanol–water partition coefficient (Wildman–Crippen LogP) is 15.7. The van der Waals surface area contributed by atoms with Crippen molar-refractivity contribution < 1.29 is 143 Å². The number of carbonyl (C=O) groups is 1. The molecule has 0 aliphatic rings. The van der Waals surface area contributed by atoms with Crippen molar-refractivity contribution >= 4 is 60.4 Å². The second-order valence-electron chi connectivity index (χ2n) is 24.3. The van der Waals surface area contributed by atoms with Crippen LogP contribution < -0.4 is 122 Å². The molecule has 0 aliphatic carbocycles. The zero-order chi connectivity index (χ0) is 68.1. The first-order valence-corrected chi connectivity index (χ1v) is 32.6. The SMILES string of the molecule is C.CC(C)(C)c1ccnc(-c2ccc(Oc3cccc(F)c3Br)cc2)c1.CC(C)(C)c1ccnc(-c2ccc(Oc3cccc(Oc4ccc(-c5nc6ccccc6n5-c5ccccc5)cc4)c3Br)cc2)c1.O=CO[O-].Oc1ccc(-c2nc3ccccc3n2-c2ccccc2)cc1.[H-].[K+].[K+]. The Morgan fingerprint density at radius 1 is 0.450 bits per heavy atom. The summed E-state index contributed by atoms with van der Waals surface area (Å²) in [7, 11) is 0. The predicted molar refractivity (Wildman–Crippen MR) is 395 cm³/mol. The van der Waals surface area contributed by atoms with Crippen LogP contribution >= 0.6 is 31.9 Å². The molecule has 0 spiro atoms. The van der Waals surface area contributed by atoms with E-state index in [0.717, 1.165) is 89.0 Å². The molecule has 0 unspecified atom stereocenters. The van der Waals surface area contributed by atoms with Crippen molar-refractivity contribution in [1.29, 1.82) is 0 Å². The van der Waals surface area contributed by atoms with E-state index in [2.05, 4.69) is 152 Å². The first-order valence-electron chi connectivity index (χ1n) is 31.0. The van der Waals surface area contributed by atoms with E-state index in [-0.39, 0.29) is 140 Å². The summed E-state index contributed by atoms with van der Waals surface area (Å²) in [5.41, 5.74) is 14.7. The Kier molecular flexibility index (Phi) is 28.2. The van der Waals surface area contributed by atoms with E-state index in [9.17, 15) is 9.50 Å². The number of aromatic nitrogens is 6. The molecule has 494 valence electrons. The maximum Gasteiger partial charge on any atom is 1.00 e. The quantitative estimate of drug-likeness (QED) is 0.0507. The fourth-order valence-corrected chi connectivity index (χ4v) is 11.3. The second-order valence-corrected chi connectivity index (χ2v) is 25.9. The van der Waals surface area contributed by atoms with Crippen molar-refractivity contribution in [3.05, 3.63) is 305 Å². The Labute approximate surface area is 685 Å². The third-order valence-corrected chi connectivity index (χ3v) is 17.1. The summed E-state index contributed by atoms with van der Waals surface area (Å²) in [6.45, 7) is 13.0. The molecule has 0 atom stereocenters. The van der Waals surface area contributed by atoms with Crippen LogP contribution in [0.1, 0.15) is 61.5 Å². The minimum absolute atomic E-state index is 0. The molecule has 0 fully saturated rings. The van der Waals surface area contributed by atoms with Crippen molar-refractivity contribution in [3.63, 3.8) is 0 Å². The molecule has 1 N–H and O–H groups in total. The van der Waals surface area contributed by atoms with Crippen LogP contribution in [0.25, 0.3) is 78.7 Å². The molecule has 14 rings (SSSR count). The molecule has 0 bridgehead atoms. The number of carbonyl (C=O) groups excluding carboxylic acids is 1. The van der Waals surface area contributed by atoms with Crippen LogP contribution in [0.4, 0.5) is 4.39 Å². The summed E-state index contributed by atoms with van der Waals surface area (Å²) in [5.74, 6) is 5.48. The Bertz CT molecular complexity index is 4990. The van der Waals surface area contributed by atoms with E-state index in [1.54, 1.807) is 24.3 Å². The molecule has 18 heteroatoms. The number of fused-ring (bicyclic) bond motifs is 2. The summed E-state index contributed by atoms with van der Waals surface area (Å²) in [6, 6.07) is 86.4. The van der Waals surface area contributed by atoms with Crippen LogP contribution in [0, 0.1) is 5.82 Å². The van der Waals surface area contributed by atoms with Crippen molar-refractivity contribution in [2.45, 2.75) is 59.8 Å². The number of benzene rings is 10. The van der Waals surface area contributed by atoms with Gasteiger partial charge in [0.05, 0.1) is 37.9 Å². The summed E-state index contributed by atoms with van der Waals surface area (Å²) < 4.78 is 37.3. The number of rotatable bonds is 13. The fraction of sp³-hybridized carbons (Fsp3) is 0.110. The number of hydrogen-bond donors (Lipinski definition) is 1. The van der Waals surface area contributed by atoms with Gasteiger partial charge in [0.25, 0.3) is 6.47 Å². The van der Waals surface area contributed by atoms with E-state index in [4.69, 9.17) is 34.2 Å². The van der Waals surface area contributed by atoms with E-state index >= 15 is 0 Å². The van der Waals surface area contributed by atoms with Gasteiger partial charge < -0.3 is 30.9 Å². The molecule has 10 aromatic carbocycles. The van der Waals surface area contributed by atoms with Crippen LogP contribution in [-0.4, -0.2) is 40.6 Å². The van der Waals surface area contributed by atoms with E-state index in [1.807, 2.05) is 194 Å². The third-order valence-electron chi connectivity index (χ3n) is 15.5. The Balaban J connectivity index is 0.000000220. The minimum atomic E-state index is -0.350. The zero-order valence-corrected chi connectivity index (χ0v) is 65.3. The molecule has 13 nitrogen and oxygen atoms in total. The molecule has 0 amide bonds. The number of para-hydroxylation sites is 6. The van der Waals surface area contributed by atoms with Crippen LogP contribution in [0.2, 0.25) is 0 Å². The molecule has 4 aromatic heterocycles. The van der Waals surface area contributed by atoms with Gasteiger partial charge in [-0.15, -0.1) is 0 Å². The Hall–Kier alpha value is -7.77. The molecule has 0 saturated carbocycles. The summed E-state index contributed by atoms with van der Waals surface area (Å²) >= 11 is 6.91. The Morgan fingerprint density at radius 2 is 0.790 bits per heavy atom. The summed E-state index contributed by atoms with van der Waals surface area (Å²) in [5, 5.41) is 17.9. The van der Waals surface area contributed by atoms with Crippen molar-refractivity contribution in [2.24, 2.45) is 0 Å². The summed E-state index contributed by atoms with van der Waals surface area (Å²) in [4.78, 5) is 30.0. The maximum absolute atomic E-state index is 13.6. The monoisotopic (exact) mass is 1510 g/mol. The van der Waals surface area contributed by atoms with Crippen LogP contribution in [-0.2, 0) is 20.5 Å².